The van der Waals surface area contributed by atoms with Crippen LogP contribution in [-0.2, 0) is 0 Å². The Kier molecular flexibility index (Phi) is 3.76. The Morgan fingerprint density at radius 1 is 1.35 bits per heavy atom. The molecular formula is C10H11ClN4S2. The lowest BCUT2D eigenvalue weighted by Gasteiger charge is -2.04. The molecule has 2 N–H and O–H groups in total. The fourth-order valence-electron chi connectivity index (χ4n) is 1.13. The van der Waals surface area contributed by atoms with Crippen LogP contribution >= 0.6 is 34.7 Å². The molecular weight excluding hydrogens is 276 g/mol. The van der Waals surface area contributed by atoms with Gasteiger partial charge < -0.3 is 10.6 Å². The minimum Gasteiger partial charge on any atom is -0.398 e. The van der Waals surface area contributed by atoms with Gasteiger partial charge in [0, 0.05) is 29.7 Å². The number of nitrogen functional groups attached to an aromatic ring is 1. The van der Waals surface area contributed by atoms with Crippen molar-refractivity contribution in [2.75, 3.05) is 24.7 Å². The van der Waals surface area contributed by atoms with E-state index in [4.69, 9.17) is 17.3 Å². The van der Waals surface area contributed by atoms with Gasteiger partial charge in [-0.25, -0.2) is 0 Å². The lowest BCUT2D eigenvalue weighted by molar-refractivity contribution is 0.973. The summed E-state index contributed by atoms with van der Waals surface area (Å²) in [6.07, 6.45) is 0. The summed E-state index contributed by atoms with van der Waals surface area (Å²) in [6.45, 7) is 0. The monoisotopic (exact) mass is 286 g/mol. The number of benzene rings is 1. The molecule has 17 heavy (non-hydrogen) atoms. The van der Waals surface area contributed by atoms with E-state index in [0.717, 1.165) is 14.4 Å². The largest absolute Gasteiger partial charge is 0.398 e. The molecule has 1 heterocycles. The number of anilines is 2. The molecule has 2 rings (SSSR count). The topological polar surface area (TPSA) is 55.0 Å². The van der Waals surface area contributed by atoms with Gasteiger partial charge in [0.25, 0.3) is 0 Å². The highest BCUT2D eigenvalue weighted by atomic mass is 35.5. The molecule has 7 heteroatoms. The third kappa shape index (κ3) is 3.02. The van der Waals surface area contributed by atoms with E-state index in [-0.39, 0.29) is 0 Å². The van der Waals surface area contributed by atoms with Gasteiger partial charge in [0.05, 0.1) is 0 Å². The summed E-state index contributed by atoms with van der Waals surface area (Å²) in [5, 5.41) is 9.68. The number of rotatable bonds is 3. The van der Waals surface area contributed by atoms with Gasteiger partial charge in [-0.2, -0.15) is 0 Å². The summed E-state index contributed by atoms with van der Waals surface area (Å²) in [6, 6.07) is 5.44. The average Bonchev–Trinajstić information content (AvgIpc) is 2.71. The van der Waals surface area contributed by atoms with Gasteiger partial charge in [-0.3, -0.25) is 0 Å². The third-order valence-electron chi connectivity index (χ3n) is 1.95. The van der Waals surface area contributed by atoms with E-state index in [1.165, 1.54) is 23.1 Å². The van der Waals surface area contributed by atoms with Crippen LogP contribution in [0.3, 0.4) is 0 Å². The van der Waals surface area contributed by atoms with E-state index in [1.807, 2.05) is 31.1 Å². The van der Waals surface area contributed by atoms with Crippen molar-refractivity contribution in [2.24, 2.45) is 0 Å². The van der Waals surface area contributed by atoms with Gasteiger partial charge in [0.15, 0.2) is 4.34 Å². The number of aromatic nitrogens is 2. The van der Waals surface area contributed by atoms with Crippen molar-refractivity contribution in [1.82, 2.24) is 10.2 Å². The number of hydrogen-bond acceptors (Lipinski definition) is 6. The zero-order chi connectivity index (χ0) is 12.4. The van der Waals surface area contributed by atoms with Crippen LogP contribution in [0.15, 0.2) is 27.4 Å². The first kappa shape index (κ1) is 12.5. The Morgan fingerprint density at radius 3 is 2.71 bits per heavy atom. The average molecular weight is 287 g/mol. The van der Waals surface area contributed by atoms with Crippen LogP contribution in [0, 0.1) is 0 Å². The highest BCUT2D eigenvalue weighted by Crippen LogP contribution is 2.36. The summed E-state index contributed by atoms with van der Waals surface area (Å²) in [7, 11) is 3.87. The molecule has 0 saturated carbocycles. The summed E-state index contributed by atoms with van der Waals surface area (Å²) in [4.78, 5) is 2.86. The maximum Gasteiger partial charge on any atom is 0.208 e. The molecule has 0 aliphatic rings. The van der Waals surface area contributed by atoms with Crippen molar-refractivity contribution in [2.45, 2.75) is 9.24 Å². The predicted molar refractivity (Wildman–Crippen MR) is 74.2 cm³/mol. The minimum atomic E-state index is 0.637. The van der Waals surface area contributed by atoms with Gasteiger partial charge in [0.1, 0.15) is 0 Å². The number of nitrogens with zero attached hydrogens (tertiary/aromatic N) is 3. The molecule has 0 spiro atoms. The smallest absolute Gasteiger partial charge is 0.208 e. The van der Waals surface area contributed by atoms with Gasteiger partial charge in [-0.1, -0.05) is 34.7 Å². The van der Waals surface area contributed by atoms with Crippen molar-refractivity contribution in [3.8, 4) is 0 Å². The molecule has 1 aromatic carbocycles. The van der Waals surface area contributed by atoms with Crippen LogP contribution in [0.1, 0.15) is 0 Å². The molecule has 90 valence electrons. The van der Waals surface area contributed by atoms with Crippen LogP contribution in [0.25, 0.3) is 0 Å². The summed E-state index contributed by atoms with van der Waals surface area (Å²) < 4.78 is 0.864. The molecule has 0 bridgehead atoms. The zero-order valence-electron chi connectivity index (χ0n) is 9.35. The first-order valence-electron chi connectivity index (χ1n) is 4.80. The Balaban J connectivity index is 2.19. The van der Waals surface area contributed by atoms with Crippen molar-refractivity contribution in [3.05, 3.63) is 23.2 Å². The molecule has 0 saturated heterocycles. The summed E-state index contributed by atoms with van der Waals surface area (Å²) in [5.74, 6) is 0. The Hall–Kier alpha value is -0.980. The predicted octanol–water partition coefficient (Wildman–Crippen LogP) is 2.99. The molecule has 2 aromatic rings. The Labute approximate surface area is 113 Å². The van der Waals surface area contributed by atoms with Crippen LogP contribution in [-0.4, -0.2) is 24.3 Å². The van der Waals surface area contributed by atoms with Crippen LogP contribution in [0.5, 0.6) is 0 Å². The van der Waals surface area contributed by atoms with E-state index in [2.05, 4.69) is 10.2 Å². The second kappa shape index (κ2) is 5.12. The second-order valence-corrected chi connectivity index (χ2v) is 6.21. The zero-order valence-corrected chi connectivity index (χ0v) is 11.7. The summed E-state index contributed by atoms with van der Waals surface area (Å²) in [5.41, 5.74) is 6.53. The van der Waals surface area contributed by atoms with Crippen LogP contribution in [0.2, 0.25) is 5.02 Å². The van der Waals surface area contributed by atoms with E-state index < -0.39 is 0 Å². The van der Waals surface area contributed by atoms with Gasteiger partial charge in [0.2, 0.25) is 5.13 Å². The normalized spacial score (nSPS) is 10.5. The standard InChI is InChI=1S/C10H11ClN4S2/c1-15(2)9-13-14-10(17-9)16-8-4-3-6(11)5-7(8)12/h3-5H,12H2,1-2H3. The minimum absolute atomic E-state index is 0.637. The molecule has 0 fully saturated rings. The van der Waals surface area contributed by atoms with Crippen molar-refractivity contribution < 1.29 is 0 Å². The maximum absolute atomic E-state index is 5.88. The van der Waals surface area contributed by atoms with Gasteiger partial charge in [-0.15, -0.1) is 10.2 Å². The Morgan fingerprint density at radius 2 is 2.12 bits per heavy atom. The van der Waals surface area contributed by atoms with Crippen molar-refractivity contribution in [3.63, 3.8) is 0 Å². The maximum atomic E-state index is 5.88. The highest BCUT2D eigenvalue weighted by Gasteiger charge is 2.09. The molecule has 0 amide bonds. The first-order chi connectivity index (χ1) is 8.06. The SMILES string of the molecule is CN(C)c1nnc(Sc2ccc(Cl)cc2N)s1. The molecule has 0 radical (unpaired) electrons. The number of hydrogen-bond donors (Lipinski definition) is 1. The van der Waals surface area contributed by atoms with Gasteiger partial charge >= 0.3 is 0 Å². The van der Waals surface area contributed by atoms with Crippen LogP contribution in [0.4, 0.5) is 10.8 Å². The molecule has 0 unspecified atom stereocenters. The van der Waals surface area contributed by atoms with E-state index in [9.17, 15) is 0 Å². The van der Waals surface area contributed by atoms with Crippen molar-refractivity contribution in [1.29, 1.82) is 0 Å². The highest BCUT2D eigenvalue weighted by molar-refractivity contribution is 8.01. The van der Waals surface area contributed by atoms with Crippen molar-refractivity contribution >= 4 is 45.5 Å². The van der Waals surface area contributed by atoms with E-state index in [1.54, 1.807) is 6.07 Å². The molecule has 0 atom stereocenters. The molecule has 4 nitrogen and oxygen atoms in total. The van der Waals surface area contributed by atoms with E-state index >= 15 is 0 Å². The number of halogens is 1. The summed E-state index contributed by atoms with van der Waals surface area (Å²) >= 11 is 8.87. The second-order valence-electron chi connectivity index (χ2n) is 3.53. The number of nitrogens with two attached hydrogens (primary N) is 1. The van der Waals surface area contributed by atoms with Crippen LogP contribution < -0.4 is 10.6 Å². The van der Waals surface area contributed by atoms with Gasteiger partial charge in [-0.05, 0) is 18.2 Å². The molecule has 0 aliphatic carbocycles. The molecule has 0 aliphatic heterocycles. The lowest BCUT2D eigenvalue weighted by atomic mass is 10.3. The fourth-order valence-corrected chi connectivity index (χ4v) is 3.06. The third-order valence-corrected chi connectivity index (χ3v) is 4.42. The Bertz CT molecular complexity index is 527. The quantitative estimate of drug-likeness (QED) is 0.879. The first-order valence-corrected chi connectivity index (χ1v) is 6.81. The van der Waals surface area contributed by atoms with E-state index in [0.29, 0.717) is 10.7 Å². The fraction of sp³-hybridized carbons (Fsp3) is 0.200. The lowest BCUT2D eigenvalue weighted by Crippen LogP contribution is -2.07. The molecule has 1 aromatic heterocycles.